The summed E-state index contributed by atoms with van der Waals surface area (Å²) < 4.78 is 7.54. The van der Waals surface area contributed by atoms with Gasteiger partial charge in [-0.25, -0.2) is 4.68 Å². The highest BCUT2D eigenvalue weighted by atomic mass is 16.5. The van der Waals surface area contributed by atoms with Gasteiger partial charge in [-0.05, 0) is 81.2 Å². The highest BCUT2D eigenvalue weighted by Crippen LogP contribution is 2.34. The van der Waals surface area contributed by atoms with Crippen molar-refractivity contribution in [3.8, 4) is 5.75 Å². The molecule has 1 aromatic carbocycles. The summed E-state index contributed by atoms with van der Waals surface area (Å²) in [5.41, 5.74) is 6.44. The van der Waals surface area contributed by atoms with Crippen molar-refractivity contribution in [1.29, 1.82) is 0 Å². The van der Waals surface area contributed by atoms with Gasteiger partial charge in [-0.2, -0.15) is 0 Å². The summed E-state index contributed by atoms with van der Waals surface area (Å²) in [6.45, 7) is 10.6. The summed E-state index contributed by atoms with van der Waals surface area (Å²) in [6, 6.07) is 8.03. The maximum Gasteiger partial charge on any atom is 0.220 e. The van der Waals surface area contributed by atoms with E-state index >= 15 is 0 Å². The molecule has 0 radical (unpaired) electrons. The van der Waals surface area contributed by atoms with Gasteiger partial charge in [0.1, 0.15) is 5.75 Å². The molecule has 2 heterocycles. The molecule has 3 rings (SSSR count). The van der Waals surface area contributed by atoms with Crippen LogP contribution in [-0.4, -0.2) is 50.7 Å². The molecule has 0 aliphatic carbocycles. The number of nitrogens with zero attached hydrogens (tertiary/aromatic N) is 5. The van der Waals surface area contributed by atoms with E-state index in [0.29, 0.717) is 6.61 Å². The summed E-state index contributed by atoms with van der Waals surface area (Å²) in [5, 5.41) is 12.8. The van der Waals surface area contributed by atoms with E-state index in [4.69, 9.17) is 10.5 Å². The number of piperidine rings is 1. The first-order valence-corrected chi connectivity index (χ1v) is 10.4. The number of primary amides is 1. The quantitative estimate of drug-likeness (QED) is 0.731. The molecule has 2 aromatic rings. The molecule has 0 saturated carbocycles. The Balaban J connectivity index is 1.97. The maximum absolute atomic E-state index is 11.6. The molecule has 1 aliphatic heterocycles. The fourth-order valence-electron chi connectivity index (χ4n) is 3.82. The second-order valence-corrected chi connectivity index (χ2v) is 8.23. The summed E-state index contributed by atoms with van der Waals surface area (Å²) in [5.74, 6) is 1.39. The number of aromatic nitrogens is 4. The molecule has 1 fully saturated rings. The molecule has 1 saturated heterocycles. The molecule has 1 aliphatic rings. The van der Waals surface area contributed by atoms with Gasteiger partial charge in [0.15, 0.2) is 5.82 Å². The number of hydrogen-bond acceptors (Lipinski definition) is 6. The first-order chi connectivity index (χ1) is 13.9. The number of carbonyl (C=O) groups excluding carboxylic acids is 1. The van der Waals surface area contributed by atoms with Crippen molar-refractivity contribution < 1.29 is 9.53 Å². The zero-order valence-electron chi connectivity index (χ0n) is 17.8. The van der Waals surface area contributed by atoms with Crippen molar-refractivity contribution in [1.82, 2.24) is 25.1 Å². The summed E-state index contributed by atoms with van der Waals surface area (Å²) >= 11 is 0. The molecule has 8 nitrogen and oxygen atoms in total. The van der Waals surface area contributed by atoms with Crippen molar-refractivity contribution in [3.63, 3.8) is 0 Å². The highest BCUT2D eigenvalue weighted by Gasteiger charge is 2.35. The highest BCUT2D eigenvalue weighted by molar-refractivity contribution is 5.76. The molecule has 1 atom stereocenters. The lowest BCUT2D eigenvalue weighted by atomic mass is 9.93. The lowest BCUT2D eigenvalue weighted by Crippen LogP contribution is -2.42. The Morgan fingerprint density at radius 3 is 2.45 bits per heavy atom. The van der Waals surface area contributed by atoms with Crippen LogP contribution in [-0.2, 0) is 10.3 Å². The number of carbonyl (C=O) groups is 1. The van der Waals surface area contributed by atoms with E-state index in [-0.39, 0.29) is 23.4 Å². The fraction of sp³-hybridized carbons (Fsp3) is 0.619. The monoisotopic (exact) mass is 400 g/mol. The van der Waals surface area contributed by atoms with E-state index in [1.165, 1.54) is 0 Å². The van der Waals surface area contributed by atoms with Crippen LogP contribution >= 0.6 is 0 Å². The van der Waals surface area contributed by atoms with Crippen molar-refractivity contribution in [2.45, 2.75) is 58.5 Å². The SMILES string of the molecule is CCOc1ccc([C@@H](c2nnnn2C(C)(C)CC)N2CCC(C(N)=O)CC2)cc1. The second-order valence-electron chi connectivity index (χ2n) is 8.23. The molecular formula is C21H32N6O2. The van der Waals surface area contributed by atoms with Crippen LogP contribution in [0.3, 0.4) is 0 Å². The van der Waals surface area contributed by atoms with Crippen molar-refractivity contribution in [2.75, 3.05) is 19.7 Å². The van der Waals surface area contributed by atoms with E-state index in [1.54, 1.807) is 0 Å². The average Bonchev–Trinajstić information content (AvgIpc) is 3.20. The Hall–Kier alpha value is -2.48. The van der Waals surface area contributed by atoms with E-state index < -0.39 is 0 Å². The van der Waals surface area contributed by atoms with Crippen molar-refractivity contribution in [2.24, 2.45) is 11.7 Å². The van der Waals surface area contributed by atoms with Gasteiger partial charge in [0.2, 0.25) is 5.91 Å². The Morgan fingerprint density at radius 2 is 1.90 bits per heavy atom. The lowest BCUT2D eigenvalue weighted by molar-refractivity contribution is -0.123. The number of rotatable bonds is 8. The van der Waals surface area contributed by atoms with Gasteiger partial charge in [-0.1, -0.05) is 19.1 Å². The Kier molecular flexibility index (Phi) is 6.52. The molecule has 29 heavy (non-hydrogen) atoms. The number of likely N-dealkylation sites (tertiary alicyclic amines) is 1. The predicted molar refractivity (Wildman–Crippen MR) is 110 cm³/mol. The lowest BCUT2D eigenvalue weighted by Gasteiger charge is -2.37. The van der Waals surface area contributed by atoms with Gasteiger partial charge < -0.3 is 10.5 Å². The zero-order chi connectivity index (χ0) is 21.0. The van der Waals surface area contributed by atoms with Crippen molar-refractivity contribution >= 4 is 5.91 Å². The fourth-order valence-corrected chi connectivity index (χ4v) is 3.82. The van der Waals surface area contributed by atoms with E-state index in [1.807, 2.05) is 23.7 Å². The maximum atomic E-state index is 11.6. The Morgan fingerprint density at radius 1 is 1.24 bits per heavy atom. The smallest absolute Gasteiger partial charge is 0.220 e. The first-order valence-electron chi connectivity index (χ1n) is 10.4. The van der Waals surface area contributed by atoms with Gasteiger partial charge in [0, 0.05) is 5.92 Å². The third-order valence-corrected chi connectivity index (χ3v) is 5.98. The minimum Gasteiger partial charge on any atom is -0.494 e. The van der Waals surface area contributed by atoms with Crippen LogP contribution in [0.15, 0.2) is 24.3 Å². The molecule has 0 spiro atoms. The number of ether oxygens (including phenoxy) is 1. The number of tetrazole rings is 1. The molecule has 8 heteroatoms. The van der Waals surface area contributed by atoms with Gasteiger partial charge >= 0.3 is 0 Å². The molecule has 0 bridgehead atoms. The van der Waals surface area contributed by atoms with Crippen molar-refractivity contribution in [3.05, 3.63) is 35.7 Å². The van der Waals surface area contributed by atoms with Gasteiger partial charge in [-0.3, -0.25) is 9.69 Å². The van der Waals surface area contributed by atoms with Crippen LogP contribution in [0.5, 0.6) is 5.75 Å². The van der Waals surface area contributed by atoms with Crippen LogP contribution in [0.25, 0.3) is 0 Å². The third kappa shape index (κ3) is 4.58. The molecule has 1 amide bonds. The largest absolute Gasteiger partial charge is 0.494 e. The first kappa shape index (κ1) is 21.2. The van der Waals surface area contributed by atoms with Gasteiger partial charge in [0.25, 0.3) is 0 Å². The normalized spacial score (nSPS) is 17.2. The molecule has 1 aromatic heterocycles. The van der Waals surface area contributed by atoms with Gasteiger partial charge in [0.05, 0.1) is 18.2 Å². The van der Waals surface area contributed by atoms with E-state index in [9.17, 15) is 4.79 Å². The number of amides is 1. The van der Waals surface area contributed by atoms with E-state index in [0.717, 1.165) is 49.5 Å². The predicted octanol–water partition coefficient (Wildman–Crippen LogP) is 2.50. The zero-order valence-corrected chi connectivity index (χ0v) is 17.8. The molecular weight excluding hydrogens is 368 g/mol. The number of benzene rings is 1. The van der Waals surface area contributed by atoms with Gasteiger partial charge in [-0.15, -0.1) is 5.10 Å². The van der Waals surface area contributed by atoms with Crippen LogP contribution in [0.4, 0.5) is 0 Å². The second kappa shape index (κ2) is 8.90. The van der Waals surface area contributed by atoms with Crippen LogP contribution in [0.2, 0.25) is 0 Å². The topological polar surface area (TPSA) is 99.2 Å². The van der Waals surface area contributed by atoms with E-state index in [2.05, 4.69) is 53.3 Å². The van der Waals surface area contributed by atoms with Crippen LogP contribution < -0.4 is 10.5 Å². The molecule has 0 unspecified atom stereocenters. The molecule has 158 valence electrons. The Bertz CT molecular complexity index is 809. The standard InChI is InChI=1S/C21H32N6O2/c1-5-21(3,4)27-20(23-24-25-27)18(15-7-9-17(10-8-15)29-6-2)26-13-11-16(12-14-26)19(22)28/h7-10,16,18H,5-6,11-14H2,1-4H3,(H2,22,28)/t18-/m0/s1. The number of nitrogens with two attached hydrogens (primary N) is 1. The Labute approximate surface area is 172 Å². The molecule has 2 N–H and O–H groups in total. The minimum absolute atomic E-state index is 0.0599. The van der Waals surface area contributed by atoms with Crippen LogP contribution in [0, 0.1) is 5.92 Å². The minimum atomic E-state index is -0.209. The number of hydrogen-bond donors (Lipinski definition) is 1. The summed E-state index contributed by atoms with van der Waals surface area (Å²) in [6.07, 6.45) is 2.41. The third-order valence-electron chi connectivity index (χ3n) is 5.98. The summed E-state index contributed by atoms with van der Waals surface area (Å²) in [7, 11) is 0. The average molecular weight is 401 g/mol. The van der Waals surface area contributed by atoms with Crippen LogP contribution in [0.1, 0.15) is 64.4 Å². The summed E-state index contributed by atoms with van der Waals surface area (Å²) in [4.78, 5) is 14.0.